The lowest BCUT2D eigenvalue weighted by Gasteiger charge is -2.17. The molecule has 2 rings (SSSR count). The lowest BCUT2D eigenvalue weighted by molar-refractivity contribution is -0.137. The summed E-state index contributed by atoms with van der Waals surface area (Å²) in [6.45, 7) is 0.390. The molecule has 0 radical (unpaired) electrons. The average Bonchev–Trinajstić information content (AvgIpc) is 3.10. The zero-order chi connectivity index (χ0) is 14.0. The fraction of sp³-hybridized carbons (Fsp3) is 0.462. The van der Waals surface area contributed by atoms with Gasteiger partial charge >= 0.3 is 5.97 Å². The monoisotopic (exact) mass is 331 g/mol. The van der Waals surface area contributed by atoms with Gasteiger partial charge < -0.3 is 15.2 Å². The first kappa shape index (κ1) is 14.3. The molecule has 0 spiro atoms. The number of methoxy groups -OCH3 is 1. The summed E-state index contributed by atoms with van der Waals surface area (Å²) in [7, 11) is 1.42. The molecule has 0 bridgehead atoms. The third kappa shape index (κ3) is 3.25. The standard InChI is InChI=1S/C13H15BrFNO3/c1-19-12-8(2-3-9(14)11(12)15)7-16-13(4-5-13)6-10(17)18/h2-3,16H,4-7H2,1H3,(H,17,18). The summed E-state index contributed by atoms with van der Waals surface area (Å²) in [5.41, 5.74) is 0.347. The largest absolute Gasteiger partial charge is 0.493 e. The molecule has 1 saturated carbocycles. The fourth-order valence-corrected chi connectivity index (χ4v) is 2.38. The maximum Gasteiger partial charge on any atom is 0.305 e. The van der Waals surface area contributed by atoms with Gasteiger partial charge in [0.2, 0.25) is 0 Å². The van der Waals surface area contributed by atoms with Crippen LogP contribution in [0.25, 0.3) is 0 Å². The Bertz CT molecular complexity index is 503. The molecule has 0 aliphatic heterocycles. The van der Waals surface area contributed by atoms with Crippen LogP contribution in [0, 0.1) is 5.82 Å². The van der Waals surface area contributed by atoms with E-state index in [2.05, 4.69) is 21.2 Å². The summed E-state index contributed by atoms with van der Waals surface area (Å²) in [5, 5.41) is 12.0. The molecule has 1 fully saturated rings. The van der Waals surface area contributed by atoms with Crippen LogP contribution in [-0.2, 0) is 11.3 Å². The van der Waals surface area contributed by atoms with Gasteiger partial charge in [-0.05, 0) is 34.8 Å². The summed E-state index contributed by atoms with van der Waals surface area (Å²) in [6, 6.07) is 3.38. The molecular formula is C13H15BrFNO3. The second-order valence-corrected chi connectivity index (χ2v) is 5.61. The molecule has 19 heavy (non-hydrogen) atoms. The lowest BCUT2D eigenvalue weighted by Crippen LogP contribution is -2.33. The van der Waals surface area contributed by atoms with Gasteiger partial charge in [0.1, 0.15) is 0 Å². The fourth-order valence-electron chi connectivity index (χ4n) is 2.07. The third-order valence-corrected chi connectivity index (χ3v) is 3.95. The van der Waals surface area contributed by atoms with Gasteiger partial charge in [0, 0.05) is 17.6 Å². The number of carboxylic acids is 1. The molecule has 1 aromatic rings. The normalized spacial score (nSPS) is 16.2. The van der Waals surface area contributed by atoms with Gasteiger partial charge in [-0.3, -0.25) is 4.79 Å². The Morgan fingerprint density at radius 2 is 2.26 bits per heavy atom. The molecule has 0 amide bonds. The van der Waals surface area contributed by atoms with Crippen LogP contribution in [0.3, 0.4) is 0 Å². The molecule has 1 aromatic carbocycles. The minimum absolute atomic E-state index is 0.0916. The lowest BCUT2D eigenvalue weighted by atomic mass is 10.1. The number of nitrogens with one attached hydrogen (secondary N) is 1. The molecule has 0 heterocycles. The number of carboxylic acid groups (broad SMARTS) is 1. The van der Waals surface area contributed by atoms with Crippen LogP contribution in [0.15, 0.2) is 16.6 Å². The Labute approximate surface area is 119 Å². The van der Waals surface area contributed by atoms with Crippen molar-refractivity contribution in [3.63, 3.8) is 0 Å². The van der Waals surface area contributed by atoms with Crippen molar-refractivity contribution in [2.24, 2.45) is 0 Å². The van der Waals surface area contributed by atoms with Gasteiger partial charge in [-0.15, -0.1) is 0 Å². The Hall–Kier alpha value is -1.14. The molecule has 0 aromatic heterocycles. The van der Waals surface area contributed by atoms with Gasteiger partial charge in [0.05, 0.1) is 18.0 Å². The number of carbonyl (C=O) groups is 1. The van der Waals surface area contributed by atoms with Crippen LogP contribution in [0.5, 0.6) is 5.75 Å². The highest BCUT2D eigenvalue weighted by Gasteiger charge is 2.44. The number of halogens is 2. The Morgan fingerprint density at radius 3 is 2.79 bits per heavy atom. The summed E-state index contributed by atoms with van der Waals surface area (Å²) < 4.78 is 19.2. The van der Waals surface area contributed by atoms with Crippen molar-refractivity contribution < 1.29 is 19.0 Å². The molecule has 0 atom stereocenters. The Balaban J connectivity index is 2.08. The first-order valence-electron chi connectivity index (χ1n) is 5.95. The molecule has 0 unspecified atom stereocenters. The SMILES string of the molecule is COc1c(CNC2(CC(=O)O)CC2)ccc(Br)c1F. The topological polar surface area (TPSA) is 58.6 Å². The van der Waals surface area contributed by atoms with Crippen molar-refractivity contribution >= 4 is 21.9 Å². The molecule has 0 saturated heterocycles. The van der Waals surface area contributed by atoms with Crippen LogP contribution in [0.4, 0.5) is 4.39 Å². The minimum atomic E-state index is -0.820. The van der Waals surface area contributed by atoms with Gasteiger partial charge in [-0.25, -0.2) is 4.39 Å². The van der Waals surface area contributed by atoms with Crippen molar-refractivity contribution in [1.82, 2.24) is 5.32 Å². The zero-order valence-corrected chi connectivity index (χ0v) is 12.1. The second kappa shape index (κ2) is 5.46. The van der Waals surface area contributed by atoms with Gasteiger partial charge in [0.25, 0.3) is 0 Å². The van der Waals surface area contributed by atoms with Crippen molar-refractivity contribution in [1.29, 1.82) is 0 Å². The number of rotatable bonds is 6. The van der Waals surface area contributed by atoms with Crippen LogP contribution in [0.2, 0.25) is 0 Å². The number of ether oxygens (including phenoxy) is 1. The van der Waals surface area contributed by atoms with E-state index in [-0.39, 0.29) is 17.7 Å². The maximum atomic E-state index is 13.8. The van der Waals surface area contributed by atoms with Crippen molar-refractivity contribution in [3.8, 4) is 5.75 Å². The third-order valence-electron chi connectivity index (χ3n) is 3.33. The molecule has 2 N–H and O–H groups in total. The smallest absolute Gasteiger partial charge is 0.305 e. The van der Waals surface area contributed by atoms with E-state index in [9.17, 15) is 9.18 Å². The minimum Gasteiger partial charge on any atom is -0.493 e. The van der Waals surface area contributed by atoms with E-state index >= 15 is 0 Å². The Morgan fingerprint density at radius 1 is 1.58 bits per heavy atom. The number of hydrogen-bond acceptors (Lipinski definition) is 3. The highest BCUT2D eigenvalue weighted by molar-refractivity contribution is 9.10. The molecule has 1 aliphatic rings. The van der Waals surface area contributed by atoms with Gasteiger partial charge in [-0.1, -0.05) is 6.07 Å². The molecule has 4 nitrogen and oxygen atoms in total. The highest BCUT2D eigenvalue weighted by Crippen LogP contribution is 2.39. The van der Waals surface area contributed by atoms with E-state index in [1.807, 2.05) is 0 Å². The Kier molecular flexibility index (Phi) is 4.10. The second-order valence-electron chi connectivity index (χ2n) is 4.76. The number of benzene rings is 1. The van der Waals surface area contributed by atoms with Crippen molar-refractivity contribution in [2.45, 2.75) is 31.3 Å². The van der Waals surface area contributed by atoms with Gasteiger partial charge in [0.15, 0.2) is 11.6 Å². The van der Waals surface area contributed by atoms with Crippen LogP contribution in [-0.4, -0.2) is 23.7 Å². The number of aliphatic carboxylic acids is 1. The van der Waals surface area contributed by atoms with Crippen LogP contribution >= 0.6 is 15.9 Å². The highest BCUT2D eigenvalue weighted by atomic mass is 79.9. The van der Waals surface area contributed by atoms with Crippen LogP contribution < -0.4 is 10.1 Å². The number of hydrogen-bond donors (Lipinski definition) is 2. The summed E-state index contributed by atoms with van der Waals surface area (Å²) in [4.78, 5) is 10.8. The first-order valence-corrected chi connectivity index (χ1v) is 6.74. The van der Waals surface area contributed by atoms with Gasteiger partial charge in [-0.2, -0.15) is 0 Å². The van der Waals surface area contributed by atoms with E-state index in [0.717, 1.165) is 12.8 Å². The van der Waals surface area contributed by atoms with Crippen molar-refractivity contribution in [2.75, 3.05) is 7.11 Å². The van der Waals surface area contributed by atoms with E-state index in [4.69, 9.17) is 9.84 Å². The predicted octanol–water partition coefficient (Wildman–Crippen LogP) is 2.69. The maximum absolute atomic E-state index is 13.8. The van der Waals surface area contributed by atoms with Crippen LogP contribution in [0.1, 0.15) is 24.8 Å². The molecule has 1 aliphatic carbocycles. The first-order chi connectivity index (χ1) is 8.97. The molecule has 6 heteroatoms. The van der Waals surface area contributed by atoms with E-state index in [1.165, 1.54) is 7.11 Å². The van der Waals surface area contributed by atoms with E-state index in [1.54, 1.807) is 12.1 Å². The van der Waals surface area contributed by atoms with E-state index < -0.39 is 11.8 Å². The average molecular weight is 332 g/mol. The van der Waals surface area contributed by atoms with E-state index in [0.29, 0.717) is 16.6 Å². The van der Waals surface area contributed by atoms with Crippen molar-refractivity contribution in [3.05, 3.63) is 28.0 Å². The summed E-state index contributed by atoms with van der Waals surface area (Å²) >= 11 is 3.10. The quantitative estimate of drug-likeness (QED) is 0.841. The zero-order valence-electron chi connectivity index (χ0n) is 10.5. The summed E-state index contributed by atoms with van der Waals surface area (Å²) in [6.07, 6.45) is 1.76. The summed E-state index contributed by atoms with van der Waals surface area (Å²) in [5.74, 6) is -1.07. The predicted molar refractivity (Wildman–Crippen MR) is 71.7 cm³/mol. The molecule has 104 valence electrons. The molecular weight excluding hydrogens is 317 g/mol.